The number of aryl methyl sites for hydroxylation is 2. The van der Waals surface area contributed by atoms with E-state index in [9.17, 15) is 4.79 Å². The first-order valence-corrected chi connectivity index (χ1v) is 6.52. The van der Waals surface area contributed by atoms with E-state index in [0.717, 1.165) is 17.1 Å². The minimum atomic E-state index is -0.137. The predicted molar refractivity (Wildman–Crippen MR) is 77.8 cm³/mol. The van der Waals surface area contributed by atoms with Gasteiger partial charge in [0.15, 0.2) is 0 Å². The Hall–Kier alpha value is -2.30. The molecule has 2 rings (SSSR count). The van der Waals surface area contributed by atoms with Crippen LogP contribution in [0.4, 0.5) is 5.69 Å². The molecule has 0 aliphatic heterocycles. The van der Waals surface area contributed by atoms with Gasteiger partial charge < -0.3 is 15.1 Å². The van der Waals surface area contributed by atoms with E-state index in [1.54, 1.807) is 25.5 Å². The summed E-state index contributed by atoms with van der Waals surface area (Å²) in [5.74, 6) is 1.54. The molecule has 0 bridgehead atoms. The molecule has 0 fully saturated rings. The number of hydrogen-bond donors (Lipinski definition) is 2. The quantitative estimate of drug-likeness (QED) is 0.899. The fourth-order valence-electron chi connectivity index (χ4n) is 2.22. The van der Waals surface area contributed by atoms with E-state index in [-0.39, 0.29) is 11.9 Å². The Bertz CT molecular complexity index is 619. The van der Waals surface area contributed by atoms with Crippen molar-refractivity contribution >= 4 is 11.6 Å². The van der Waals surface area contributed by atoms with E-state index in [1.165, 1.54) is 0 Å². The van der Waals surface area contributed by atoms with Gasteiger partial charge in [0.1, 0.15) is 11.5 Å². The first kappa shape index (κ1) is 14.1. The molecule has 0 aromatic carbocycles. The van der Waals surface area contributed by atoms with E-state index in [0.29, 0.717) is 11.3 Å². The van der Waals surface area contributed by atoms with Crippen LogP contribution in [0.15, 0.2) is 28.9 Å². The third-order valence-corrected chi connectivity index (χ3v) is 3.23. The third kappa shape index (κ3) is 2.82. The largest absolute Gasteiger partial charge is 0.466 e. The lowest BCUT2D eigenvalue weighted by Crippen LogP contribution is -2.27. The highest BCUT2D eigenvalue weighted by atomic mass is 16.3. The number of furan rings is 1. The number of anilines is 1. The van der Waals surface area contributed by atoms with Gasteiger partial charge in [0.2, 0.25) is 0 Å². The van der Waals surface area contributed by atoms with Gasteiger partial charge in [-0.1, -0.05) is 0 Å². The van der Waals surface area contributed by atoms with Crippen LogP contribution >= 0.6 is 0 Å². The van der Waals surface area contributed by atoms with Crippen molar-refractivity contribution < 1.29 is 9.21 Å². The molecule has 20 heavy (non-hydrogen) atoms. The Morgan fingerprint density at radius 2 is 2.15 bits per heavy atom. The monoisotopic (exact) mass is 273 g/mol. The molecule has 1 unspecified atom stereocenters. The van der Waals surface area contributed by atoms with Crippen LogP contribution in [0.2, 0.25) is 0 Å². The summed E-state index contributed by atoms with van der Waals surface area (Å²) < 4.78 is 5.49. The Balaban J connectivity index is 2.17. The van der Waals surface area contributed by atoms with Gasteiger partial charge in [0, 0.05) is 18.8 Å². The maximum atomic E-state index is 12.3. The molecule has 0 spiro atoms. The maximum Gasteiger partial charge on any atom is 0.253 e. The molecule has 0 saturated heterocycles. The first-order chi connectivity index (χ1) is 9.52. The summed E-state index contributed by atoms with van der Waals surface area (Å²) in [7, 11) is 1.76. The number of hydrogen-bond acceptors (Lipinski definition) is 4. The standard InChI is InChI=1S/C15H19N3O2/c1-9-7-13(11(3)20-9)10(2)18-15(19)12-5-6-17-8-14(12)16-4/h5-8,10,16H,1-4H3,(H,18,19). The van der Waals surface area contributed by atoms with E-state index in [2.05, 4.69) is 15.6 Å². The molecule has 1 amide bonds. The first-order valence-electron chi connectivity index (χ1n) is 6.52. The van der Waals surface area contributed by atoms with Gasteiger partial charge >= 0.3 is 0 Å². The highest BCUT2D eigenvalue weighted by molar-refractivity contribution is 5.99. The average molecular weight is 273 g/mol. The molecular weight excluding hydrogens is 254 g/mol. The third-order valence-electron chi connectivity index (χ3n) is 3.23. The van der Waals surface area contributed by atoms with Gasteiger partial charge in [-0.05, 0) is 32.9 Å². The second kappa shape index (κ2) is 5.77. The Kier molecular flexibility index (Phi) is 4.08. The minimum absolute atomic E-state index is 0.113. The molecule has 5 nitrogen and oxygen atoms in total. The number of pyridine rings is 1. The summed E-state index contributed by atoms with van der Waals surface area (Å²) in [6.07, 6.45) is 3.24. The van der Waals surface area contributed by atoms with Crippen molar-refractivity contribution in [2.24, 2.45) is 0 Å². The normalized spacial score (nSPS) is 12.0. The van der Waals surface area contributed by atoms with Crippen molar-refractivity contribution in [3.05, 3.63) is 47.2 Å². The summed E-state index contributed by atoms with van der Waals surface area (Å²) in [5.41, 5.74) is 2.28. The van der Waals surface area contributed by atoms with Crippen LogP contribution in [0.25, 0.3) is 0 Å². The van der Waals surface area contributed by atoms with E-state index >= 15 is 0 Å². The predicted octanol–water partition coefficient (Wildman–Crippen LogP) is 2.82. The highest BCUT2D eigenvalue weighted by Gasteiger charge is 2.17. The summed E-state index contributed by atoms with van der Waals surface area (Å²) in [6.45, 7) is 5.74. The van der Waals surface area contributed by atoms with Crippen LogP contribution in [-0.4, -0.2) is 17.9 Å². The molecule has 0 radical (unpaired) electrons. The minimum Gasteiger partial charge on any atom is -0.466 e. The Labute approximate surface area is 118 Å². The SMILES string of the molecule is CNc1cnccc1C(=O)NC(C)c1cc(C)oc1C. The van der Waals surface area contributed by atoms with Gasteiger partial charge in [-0.3, -0.25) is 9.78 Å². The van der Waals surface area contributed by atoms with Crippen LogP contribution in [-0.2, 0) is 0 Å². The Morgan fingerprint density at radius 3 is 2.75 bits per heavy atom. The van der Waals surface area contributed by atoms with Crippen LogP contribution in [0.1, 0.15) is 40.4 Å². The highest BCUT2D eigenvalue weighted by Crippen LogP contribution is 2.22. The van der Waals surface area contributed by atoms with E-state index in [1.807, 2.05) is 26.8 Å². The fraction of sp³-hybridized carbons (Fsp3) is 0.333. The molecule has 5 heteroatoms. The molecule has 0 aliphatic rings. The van der Waals surface area contributed by atoms with Gasteiger partial charge in [0.25, 0.3) is 5.91 Å². The summed E-state index contributed by atoms with van der Waals surface area (Å²) >= 11 is 0. The van der Waals surface area contributed by atoms with Crippen molar-refractivity contribution in [3.8, 4) is 0 Å². The average Bonchev–Trinajstić information content (AvgIpc) is 2.77. The molecule has 2 aromatic rings. The lowest BCUT2D eigenvalue weighted by atomic mass is 10.1. The molecule has 106 valence electrons. The zero-order chi connectivity index (χ0) is 14.7. The maximum absolute atomic E-state index is 12.3. The molecule has 1 atom stereocenters. The van der Waals surface area contributed by atoms with Crippen molar-refractivity contribution in [2.45, 2.75) is 26.8 Å². The molecule has 0 saturated carbocycles. The second-order valence-electron chi connectivity index (χ2n) is 4.73. The molecule has 0 aliphatic carbocycles. The van der Waals surface area contributed by atoms with Gasteiger partial charge in [-0.2, -0.15) is 0 Å². The lowest BCUT2D eigenvalue weighted by Gasteiger charge is -2.14. The smallest absolute Gasteiger partial charge is 0.253 e. The zero-order valence-electron chi connectivity index (χ0n) is 12.2. The fourth-order valence-corrected chi connectivity index (χ4v) is 2.22. The van der Waals surface area contributed by atoms with Crippen molar-refractivity contribution in [2.75, 3.05) is 12.4 Å². The summed E-state index contributed by atoms with van der Waals surface area (Å²) in [4.78, 5) is 16.3. The van der Waals surface area contributed by atoms with Crippen molar-refractivity contribution in [1.29, 1.82) is 0 Å². The van der Waals surface area contributed by atoms with Gasteiger partial charge in [0.05, 0.1) is 23.5 Å². The molecule has 2 aromatic heterocycles. The zero-order valence-corrected chi connectivity index (χ0v) is 12.2. The number of aromatic nitrogens is 1. The van der Waals surface area contributed by atoms with Crippen molar-refractivity contribution in [1.82, 2.24) is 10.3 Å². The lowest BCUT2D eigenvalue weighted by molar-refractivity contribution is 0.0940. The number of nitrogens with zero attached hydrogens (tertiary/aromatic N) is 1. The number of carbonyl (C=O) groups is 1. The molecule has 2 N–H and O–H groups in total. The van der Waals surface area contributed by atoms with E-state index in [4.69, 9.17) is 4.42 Å². The van der Waals surface area contributed by atoms with Gasteiger partial charge in [-0.25, -0.2) is 0 Å². The summed E-state index contributed by atoms with van der Waals surface area (Å²) in [5, 5.41) is 5.94. The topological polar surface area (TPSA) is 67.2 Å². The number of amides is 1. The van der Waals surface area contributed by atoms with Crippen LogP contribution in [0.3, 0.4) is 0 Å². The number of nitrogens with one attached hydrogen (secondary N) is 2. The second-order valence-corrected chi connectivity index (χ2v) is 4.73. The van der Waals surface area contributed by atoms with Crippen LogP contribution < -0.4 is 10.6 Å². The van der Waals surface area contributed by atoms with E-state index < -0.39 is 0 Å². The number of carbonyl (C=O) groups excluding carboxylic acids is 1. The molecule has 2 heterocycles. The van der Waals surface area contributed by atoms with Crippen LogP contribution in [0, 0.1) is 13.8 Å². The Morgan fingerprint density at radius 1 is 1.40 bits per heavy atom. The molecular formula is C15H19N3O2. The van der Waals surface area contributed by atoms with Gasteiger partial charge in [-0.15, -0.1) is 0 Å². The summed E-state index contributed by atoms with van der Waals surface area (Å²) in [6, 6.07) is 3.53. The number of rotatable bonds is 4. The van der Waals surface area contributed by atoms with Crippen molar-refractivity contribution in [3.63, 3.8) is 0 Å². The van der Waals surface area contributed by atoms with Crippen LogP contribution in [0.5, 0.6) is 0 Å².